The number of ether oxygens (including phenoxy) is 1. The van der Waals surface area contributed by atoms with Gasteiger partial charge in [0.1, 0.15) is 12.1 Å². The predicted molar refractivity (Wildman–Crippen MR) is 128 cm³/mol. The zero-order valence-electron chi connectivity index (χ0n) is 21.8. The lowest BCUT2D eigenvalue weighted by Crippen LogP contribution is -2.60. The fourth-order valence-corrected chi connectivity index (χ4v) is 5.34. The molecule has 0 radical (unpaired) electrons. The molecule has 3 unspecified atom stereocenters. The van der Waals surface area contributed by atoms with Crippen LogP contribution in [-0.2, 0) is 23.9 Å². The van der Waals surface area contributed by atoms with Crippen LogP contribution < -0.4 is 16.4 Å². The number of primary amides is 1. The second-order valence-corrected chi connectivity index (χ2v) is 12.3. The van der Waals surface area contributed by atoms with Crippen LogP contribution in [0.2, 0.25) is 0 Å². The third kappa shape index (κ3) is 5.78. The van der Waals surface area contributed by atoms with Crippen LogP contribution in [0.25, 0.3) is 0 Å². The SMILES string of the molecule is CC(C)OC(=O)N[C@H](C(=O)N1CC2C([C@H]1C(=O)NC(CC1CC1)C(=O)C(N)=O)C2(C)C)C(C)(C)C. The molecule has 0 aromatic heterocycles. The van der Waals surface area contributed by atoms with E-state index in [-0.39, 0.29) is 35.2 Å². The second-order valence-electron chi connectivity index (χ2n) is 12.3. The number of ketones is 1. The zero-order chi connectivity index (χ0) is 26.5. The Labute approximate surface area is 207 Å². The summed E-state index contributed by atoms with van der Waals surface area (Å²) in [6.07, 6.45) is 1.19. The van der Waals surface area contributed by atoms with Gasteiger partial charge in [0.15, 0.2) is 0 Å². The number of carbonyl (C=O) groups excluding carboxylic acids is 5. The molecule has 2 aliphatic carbocycles. The van der Waals surface area contributed by atoms with Gasteiger partial charge in [-0.15, -0.1) is 0 Å². The van der Waals surface area contributed by atoms with Crippen molar-refractivity contribution in [2.45, 2.75) is 92.0 Å². The third-order valence-electron chi connectivity index (χ3n) is 7.62. The number of amides is 4. The van der Waals surface area contributed by atoms with Crippen molar-refractivity contribution in [1.82, 2.24) is 15.5 Å². The summed E-state index contributed by atoms with van der Waals surface area (Å²) in [7, 11) is 0. The average Bonchev–Trinajstić information content (AvgIpc) is 3.56. The Morgan fingerprint density at radius 1 is 1.09 bits per heavy atom. The van der Waals surface area contributed by atoms with Crippen LogP contribution in [0.1, 0.15) is 67.7 Å². The molecule has 2 saturated carbocycles. The molecule has 3 fully saturated rings. The molecular formula is C25H40N4O6. The Bertz CT molecular complexity index is 904. The first-order valence-electron chi connectivity index (χ1n) is 12.5. The maximum atomic E-state index is 13.8. The molecular weight excluding hydrogens is 452 g/mol. The molecule has 1 saturated heterocycles. The topological polar surface area (TPSA) is 148 Å². The smallest absolute Gasteiger partial charge is 0.408 e. The minimum absolute atomic E-state index is 0.0834. The number of rotatable bonds is 9. The summed E-state index contributed by atoms with van der Waals surface area (Å²) in [6.45, 7) is 13.4. The Morgan fingerprint density at radius 3 is 2.17 bits per heavy atom. The number of hydrogen-bond acceptors (Lipinski definition) is 6. The Balaban J connectivity index is 1.83. The standard InChI is InChI=1S/C25H40N4O6/c1-12(2)35-23(34)28-19(24(3,4)5)22(33)29-11-14-16(25(14,6)7)17(29)21(32)27-15(10-13-8-9-13)18(30)20(26)31/h12-17,19H,8-11H2,1-7H3,(H2,26,31)(H,27,32)(H,28,34)/t14?,15?,16?,17-,19+/m0/s1. The van der Waals surface area contributed by atoms with Gasteiger partial charge in [-0.1, -0.05) is 47.5 Å². The largest absolute Gasteiger partial charge is 0.447 e. The number of piperidine rings is 1. The van der Waals surface area contributed by atoms with Gasteiger partial charge in [0.2, 0.25) is 17.6 Å². The van der Waals surface area contributed by atoms with Crippen LogP contribution in [-0.4, -0.2) is 65.3 Å². The van der Waals surface area contributed by atoms with Crippen LogP contribution in [0, 0.1) is 28.6 Å². The van der Waals surface area contributed by atoms with Crippen molar-refractivity contribution >= 4 is 29.6 Å². The summed E-state index contributed by atoms with van der Waals surface area (Å²) in [5.41, 5.74) is 4.44. The van der Waals surface area contributed by atoms with Crippen LogP contribution >= 0.6 is 0 Å². The fraction of sp³-hybridized carbons (Fsp3) is 0.800. The number of hydrogen-bond donors (Lipinski definition) is 3. The second kappa shape index (κ2) is 9.43. The number of fused-ring (bicyclic) bond motifs is 1. The summed E-state index contributed by atoms with van der Waals surface area (Å²) in [5.74, 6) is -2.43. The van der Waals surface area contributed by atoms with Crippen molar-refractivity contribution in [3.63, 3.8) is 0 Å². The summed E-state index contributed by atoms with van der Waals surface area (Å²) in [5, 5.41) is 5.42. The average molecular weight is 493 g/mol. The molecule has 35 heavy (non-hydrogen) atoms. The number of carbonyl (C=O) groups is 5. The van der Waals surface area contributed by atoms with E-state index in [1.807, 2.05) is 20.8 Å². The summed E-state index contributed by atoms with van der Waals surface area (Å²) < 4.78 is 5.19. The van der Waals surface area contributed by atoms with Crippen molar-refractivity contribution in [3.8, 4) is 0 Å². The molecule has 4 N–H and O–H groups in total. The highest BCUT2D eigenvalue weighted by Crippen LogP contribution is 2.65. The van der Waals surface area contributed by atoms with Gasteiger partial charge in [-0.25, -0.2) is 4.79 Å². The first-order chi connectivity index (χ1) is 16.1. The van der Waals surface area contributed by atoms with Gasteiger partial charge in [0, 0.05) is 6.54 Å². The number of nitrogens with one attached hydrogen (secondary N) is 2. The highest BCUT2D eigenvalue weighted by Gasteiger charge is 2.70. The molecule has 0 aromatic carbocycles. The highest BCUT2D eigenvalue weighted by molar-refractivity contribution is 6.37. The van der Waals surface area contributed by atoms with E-state index >= 15 is 0 Å². The van der Waals surface area contributed by atoms with Gasteiger partial charge in [0.05, 0.1) is 12.1 Å². The van der Waals surface area contributed by atoms with Crippen LogP contribution in [0.4, 0.5) is 4.79 Å². The zero-order valence-corrected chi connectivity index (χ0v) is 21.8. The minimum atomic E-state index is -1.08. The predicted octanol–water partition coefficient (Wildman–Crippen LogP) is 1.36. The van der Waals surface area contributed by atoms with Crippen LogP contribution in [0.15, 0.2) is 0 Å². The number of nitrogens with two attached hydrogens (primary N) is 1. The Kier molecular flexibility index (Phi) is 7.26. The number of alkyl carbamates (subject to hydrolysis) is 1. The minimum Gasteiger partial charge on any atom is -0.447 e. The van der Waals surface area contributed by atoms with Gasteiger partial charge < -0.3 is 26.0 Å². The van der Waals surface area contributed by atoms with Crippen molar-refractivity contribution in [2.24, 2.45) is 34.3 Å². The quantitative estimate of drug-likeness (QED) is 0.414. The lowest BCUT2D eigenvalue weighted by atomic mass is 9.85. The van der Waals surface area contributed by atoms with E-state index < -0.39 is 47.2 Å². The number of likely N-dealkylation sites (tertiary alicyclic amines) is 1. The van der Waals surface area contributed by atoms with E-state index in [0.29, 0.717) is 13.0 Å². The van der Waals surface area contributed by atoms with E-state index in [1.165, 1.54) is 4.90 Å². The van der Waals surface area contributed by atoms with E-state index in [2.05, 4.69) is 24.5 Å². The van der Waals surface area contributed by atoms with Crippen molar-refractivity contribution in [2.75, 3.05) is 6.54 Å². The maximum Gasteiger partial charge on any atom is 0.408 e. The van der Waals surface area contributed by atoms with Gasteiger partial charge in [-0.2, -0.15) is 0 Å². The molecule has 5 atom stereocenters. The molecule has 0 bridgehead atoms. The lowest BCUT2D eigenvalue weighted by Gasteiger charge is -2.37. The molecule has 196 valence electrons. The Morgan fingerprint density at radius 2 is 1.69 bits per heavy atom. The number of nitrogens with zero attached hydrogens (tertiary/aromatic N) is 1. The molecule has 4 amide bonds. The fourth-order valence-electron chi connectivity index (χ4n) is 5.34. The summed E-state index contributed by atoms with van der Waals surface area (Å²) >= 11 is 0. The molecule has 0 aromatic rings. The molecule has 3 rings (SSSR count). The summed E-state index contributed by atoms with van der Waals surface area (Å²) in [4.78, 5) is 65.2. The highest BCUT2D eigenvalue weighted by atomic mass is 16.6. The van der Waals surface area contributed by atoms with E-state index in [4.69, 9.17) is 10.5 Å². The maximum absolute atomic E-state index is 13.8. The Hall–Kier alpha value is -2.65. The monoisotopic (exact) mass is 492 g/mol. The molecule has 1 heterocycles. The lowest BCUT2D eigenvalue weighted by molar-refractivity contribution is -0.145. The van der Waals surface area contributed by atoms with E-state index in [1.54, 1.807) is 13.8 Å². The molecule has 10 heteroatoms. The summed E-state index contributed by atoms with van der Waals surface area (Å²) in [6, 6.07) is -2.72. The molecule has 1 aliphatic heterocycles. The molecule has 3 aliphatic rings. The van der Waals surface area contributed by atoms with Crippen molar-refractivity contribution in [3.05, 3.63) is 0 Å². The van der Waals surface area contributed by atoms with E-state index in [0.717, 1.165) is 12.8 Å². The van der Waals surface area contributed by atoms with Gasteiger partial charge >= 0.3 is 6.09 Å². The van der Waals surface area contributed by atoms with Crippen LogP contribution in [0.5, 0.6) is 0 Å². The third-order valence-corrected chi connectivity index (χ3v) is 7.62. The van der Waals surface area contributed by atoms with E-state index in [9.17, 15) is 24.0 Å². The first kappa shape index (κ1) is 26.9. The van der Waals surface area contributed by atoms with Gasteiger partial charge in [-0.3, -0.25) is 19.2 Å². The molecule has 0 spiro atoms. The van der Waals surface area contributed by atoms with Gasteiger partial charge in [-0.05, 0) is 48.9 Å². The number of Topliss-reactive ketones (excluding diaryl/α,β-unsaturated/α-hetero) is 1. The first-order valence-corrected chi connectivity index (χ1v) is 12.5. The van der Waals surface area contributed by atoms with Crippen molar-refractivity contribution in [1.29, 1.82) is 0 Å². The van der Waals surface area contributed by atoms with Crippen LogP contribution in [0.3, 0.4) is 0 Å². The normalized spacial score (nSPS) is 26.4. The molecule has 10 nitrogen and oxygen atoms in total. The van der Waals surface area contributed by atoms with Crippen molar-refractivity contribution < 1.29 is 28.7 Å². The van der Waals surface area contributed by atoms with Gasteiger partial charge in [0.25, 0.3) is 5.91 Å².